The Morgan fingerprint density at radius 3 is 2.75 bits per heavy atom. The Hall–Kier alpha value is -1.46. The maximum Gasteiger partial charge on any atom is 0.161 e. The van der Waals surface area contributed by atoms with Gasteiger partial charge in [-0.3, -0.25) is 4.79 Å². The highest BCUT2D eigenvalue weighted by Gasteiger charge is 2.19. The largest absolute Gasteiger partial charge is 0.372 e. The summed E-state index contributed by atoms with van der Waals surface area (Å²) in [5.41, 5.74) is 4.45. The van der Waals surface area contributed by atoms with E-state index in [1.165, 1.54) is 0 Å². The van der Waals surface area contributed by atoms with E-state index in [2.05, 4.69) is 9.97 Å². The maximum atomic E-state index is 11.7. The van der Waals surface area contributed by atoms with Crippen molar-refractivity contribution >= 4 is 17.1 Å². The summed E-state index contributed by atoms with van der Waals surface area (Å²) in [5, 5.41) is 2.96. The summed E-state index contributed by atoms with van der Waals surface area (Å²) in [7, 11) is 0. The summed E-state index contributed by atoms with van der Waals surface area (Å²) in [5.74, 6) is 0.0839. The number of nitrogens with one attached hydrogen (secondary N) is 1. The fourth-order valence-electron chi connectivity index (χ4n) is 2.44. The predicted molar refractivity (Wildman–Crippen MR) is 81.4 cm³/mol. The molecule has 0 aliphatic heterocycles. The summed E-state index contributed by atoms with van der Waals surface area (Å²) in [4.78, 5) is 19.6. The van der Waals surface area contributed by atoms with Gasteiger partial charge in [0.2, 0.25) is 0 Å². The molecule has 1 N–H and O–H groups in total. The highest BCUT2D eigenvalue weighted by atomic mass is 32.1. The summed E-state index contributed by atoms with van der Waals surface area (Å²) in [6, 6.07) is 0. The topological polar surface area (TPSA) is 55.0 Å². The second-order valence-electron chi connectivity index (χ2n) is 4.85. The molecule has 0 saturated heterocycles. The van der Waals surface area contributed by atoms with Crippen molar-refractivity contribution in [3.05, 3.63) is 27.2 Å². The molecule has 0 radical (unpaired) electrons. The Labute approximate surface area is 123 Å². The first kappa shape index (κ1) is 14.9. The highest BCUT2D eigenvalue weighted by Crippen LogP contribution is 2.31. The Morgan fingerprint density at radius 2 is 2.20 bits per heavy atom. The van der Waals surface area contributed by atoms with E-state index in [1.807, 2.05) is 33.1 Å². The first-order valence-electron chi connectivity index (χ1n) is 6.73. The SMILES string of the molecule is CCOC(C)c1nc(-c2[nH]c(C)c(C(C)=O)c2C)cs1. The van der Waals surface area contributed by atoms with E-state index in [-0.39, 0.29) is 11.9 Å². The lowest BCUT2D eigenvalue weighted by Gasteiger charge is -2.06. The number of aromatic amines is 1. The summed E-state index contributed by atoms with van der Waals surface area (Å²) < 4.78 is 5.56. The molecule has 2 rings (SSSR count). The molecular formula is C15H20N2O2S. The Bertz CT molecular complexity index is 628. The molecule has 2 heterocycles. The molecule has 108 valence electrons. The van der Waals surface area contributed by atoms with Gasteiger partial charge in [0.1, 0.15) is 11.1 Å². The number of Topliss-reactive ketones (excluding diaryl/α,β-unsaturated/α-hetero) is 1. The zero-order valence-electron chi connectivity index (χ0n) is 12.5. The minimum absolute atomic E-state index is 0.00222. The van der Waals surface area contributed by atoms with Crippen molar-refractivity contribution < 1.29 is 9.53 Å². The van der Waals surface area contributed by atoms with Gasteiger partial charge in [0.05, 0.1) is 11.4 Å². The van der Waals surface area contributed by atoms with Crippen molar-refractivity contribution in [2.45, 2.75) is 40.7 Å². The molecule has 4 nitrogen and oxygen atoms in total. The molecule has 0 spiro atoms. The quantitative estimate of drug-likeness (QED) is 0.846. The number of carbonyl (C=O) groups is 1. The van der Waals surface area contributed by atoms with Gasteiger partial charge >= 0.3 is 0 Å². The van der Waals surface area contributed by atoms with Gasteiger partial charge in [-0.05, 0) is 40.2 Å². The third-order valence-electron chi connectivity index (χ3n) is 3.33. The zero-order chi connectivity index (χ0) is 14.9. The van der Waals surface area contributed by atoms with Crippen molar-refractivity contribution in [3.63, 3.8) is 0 Å². The van der Waals surface area contributed by atoms with E-state index < -0.39 is 0 Å². The van der Waals surface area contributed by atoms with Crippen LogP contribution in [-0.4, -0.2) is 22.4 Å². The normalized spacial score (nSPS) is 12.7. The van der Waals surface area contributed by atoms with E-state index in [4.69, 9.17) is 4.74 Å². The molecule has 0 aromatic carbocycles. The summed E-state index contributed by atoms with van der Waals surface area (Å²) in [6.07, 6.45) is 0.00222. The average molecular weight is 292 g/mol. The highest BCUT2D eigenvalue weighted by molar-refractivity contribution is 7.10. The number of hydrogen-bond acceptors (Lipinski definition) is 4. The minimum Gasteiger partial charge on any atom is -0.372 e. The molecule has 1 unspecified atom stereocenters. The third-order valence-corrected chi connectivity index (χ3v) is 4.34. The first-order chi connectivity index (χ1) is 9.45. The summed E-state index contributed by atoms with van der Waals surface area (Å²) >= 11 is 1.58. The molecule has 0 bridgehead atoms. The fourth-order valence-corrected chi connectivity index (χ4v) is 3.26. The van der Waals surface area contributed by atoms with Crippen LogP contribution in [0, 0.1) is 13.8 Å². The fraction of sp³-hybridized carbons (Fsp3) is 0.467. The number of H-pyrrole nitrogens is 1. The van der Waals surface area contributed by atoms with Crippen molar-refractivity contribution in [3.8, 4) is 11.4 Å². The molecule has 1 atom stereocenters. The van der Waals surface area contributed by atoms with Crippen LogP contribution in [-0.2, 0) is 4.74 Å². The van der Waals surface area contributed by atoms with Gasteiger partial charge in [-0.1, -0.05) is 0 Å². The second kappa shape index (κ2) is 5.89. The van der Waals surface area contributed by atoms with Crippen LogP contribution in [0.3, 0.4) is 0 Å². The van der Waals surface area contributed by atoms with Gasteiger partial charge in [-0.2, -0.15) is 0 Å². The number of ether oxygens (including phenoxy) is 1. The first-order valence-corrected chi connectivity index (χ1v) is 7.61. The van der Waals surface area contributed by atoms with Gasteiger partial charge < -0.3 is 9.72 Å². The predicted octanol–water partition coefficient (Wildman–Crippen LogP) is 4.06. The second-order valence-corrected chi connectivity index (χ2v) is 5.74. The van der Waals surface area contributed by atoms with E-state index in [1.54, 1.807) is 18.3 Å². The lowest BCUT2D eigenvalue weighted by atomic mass is 10.1. The monoisotopic (exact) mass is 292 g/mol. The van der Waals surface area contributed by atoms with Gasteiger partial charge in [0.15, 0.2) is 5.78 Å². The molecule has 20 heavy (non-hydrogen) atoms. The van der Waals surface area contributed by atoms with Crippen LogP contribution < -0.4 is 0 Å². The maximum absolute atomic E-state index is 11.7. The van der Waals surface area contributed by atoms with Crippen LogP contribution >= 0.6 is 11.3 Å². The number of hydrogen-bond donors (Lipinski definition) is 1. The van der Waals surface area contributed by atoms with Crippen molar-refractivity contribution in [2.24, 2.45) is 0 Å². The summed E-state index contributed by atoms with van der Waals surface area (Å²) in [6.45, 7) is 10.1. The van der Waals surface area contributed by atoms with Gasteiger partial charge in [0.25, 0.3) is 0 Å². The molecule has 0 aliphatic carbocycles. The molecule has 2 aromatic rings. The smallest absolute Gasteiger partial charge is 0.161 e. The zero-order valence-corrected chi connectivity index (χ0v) is 13.4. The third kappa shape index (κ3) is 2.69. The van der Waals surface area contributed by atoms with E-state index in [9.17, 15) is 4.79 Å². The number of nitrogens with zero attached hydrogens (tertiary/aromatic N) is 1. The molecule has 0 amide bonds. The van der Waals surface area contributed by atoms with E-state index >= 15 is 0 Å². The Balaban J connectivity index is 2.38. The number of ketones is 1. The van der Waals surface area contributed by atoms with Crippen LogP contribution in [0.1, 0.15) is 53.5 Å². The molecular weight excluding hydrogens is 272 g/mol. The van der Waals surface area contributed by atoms with E-state index in [0.29, 0.717) is 6.61 Å². The lowest BCUT2D eigenvalue weighted by Crippen LogP contribution is -1.98. The van der Waals surface area contributed by atoms with Crippen molar-refractivity contribution in [1.29, 1.82) is 0 Å². The minimum atomic E-state index is 0.00222. The Morgan fingerprint density at radius 1 is 1.50 bits per heavy atom. The van der Waals surface area contributed by atoms with Crippen LogP contribution in [0.2, 0.25) is 0 Å². The molecule has 2 aromatic heterocycles. The molecule has 0 aliphatic rings. The van der Waals surface area contributed by atoms with Crippen LogP contribution in [0.25, 0.3) is 11.4 Å². The number of carbonyl (C=O) groups excluding carboxylic acids is 1. The average Bonchev–Trinajstić information content (AvgIpc) is 2.94. The van der Waals surface area contributed by atoms with Crippen LogP contribution in [0.5, 0.6) is 0 Å². The number of aryl methyl sites for hydroxylation is 1. The molecule has 0 saturated carbocycles. The van der Waals surface area contributed by atoms with Crippen LogP contribution in [0.4, 0.5) is 0 Å². The molecule has 5 heteroatoms. The van der Waals surface area contributed by atoms with Crippen molar-refractivity contribution in [1.82, 2.24) is 9.97 Å². The van der Waals surface area contributed by atoms with E-state index in [0.717, 1.165) is 33.2 Å². The van der Waals surface area contributed by atoms with Gasteiger partial charge in [-0.25, -0.2) is 4.98 Å². The van der Waals surface area contributed by atoms with Gasteiger partial charge in [0, 0.05) is 23.2 Å². The number of rotatable bonds is 5. The van der Waals surface area contributed by atoms with Gasteiger partial charge in [-0.15, -0.1) is 11.3 Å². The Kier molecular flexibility index (Phi) is 4.40. The number of aromatic nitrogens is 2. The molecule has 0 fully saturated rings. The lowest BCUT2D eigenvalue weighted by molar-refractivity contribution is 0.0762. The van der Waals surface area contributed by atoms with Crippen LogP contribution in [0.15, 0.2) is 5.38 Å². The standard InChI is InChI=1S/C15H20N2O2S/c1-6-19-11(5)15-17-12(7-20-15)14-8(2)13(10(4)18)9(3)16-14/h7,11,16H,6H2,1-5H3. The number of thiazole rings is 1. The van der Waals surface area contributed by atoms with Crippen molar-refractivity contribution in [2.75, 3.05) is 6.61 Å².